The Morgan fingerprint density at radius 3 is 3.08 bits per heavy atom. The van der Waals surface area contributed by atoms with E-state index in [1.165, 1.54) is 0 Å². The minimum atomic E-state index is -0.490. The first-order chi connectivity index (χ1) is 5.70. The SMILES string of the molecule is CC(O)CNC(=O)C1CCCO1. The monoisotopic (exact) mass is 173 g/mol. The van der Waals surface area contributed by atoms with Crippen molar-refractivity contribution in [2.24, 2.45) is 0 Å². The van der Waals surface area contributed by atoms with Crippen LogP contribution in [-0.2, 0) is 9.53 Å². The van der Waals surface area contributed by atoms with E-state index in [0.29, 0.717) is 13.2 Å². The number of amides is 1. The van der Waals surface area contributed by atoms with E-state index in [1.54, 1.807) is 6.92 Å². The Balaban J connectivity index is 2.18. The molecule has 0 radical (unpaired) electrons. The van der Waals surface area contributed by atoms with Gasteiger partial charge in [-0.25, -0.2) is 0 Å². The molecule has 1 heterocycles. The molecule has 1 fully saturated rings. The van der Waals surface area contributed by atoms with Gasteiger partial charge in [0.1, 0.15) is 6.10 Å². The molecule has 2 unspecified atom stereocenters. The van der Waals surface area contributed by atoms with Gasteiger partial charge in [-0.15, -0.1) is 0 Å². The Bertz CT molecular complexity index is 152. The second-order valence-corrected chi connectivity index (χ2v) is 3.10. The largest absolute Gasteiger partial charge is 0.392 e. The number of hydrogen-bond acceptors (Lipinski definition) is 3. The van der Waals surface area contributed by atoms with Crippen LogP contribution in [0.5, 0.6) is 0 Å². The number of hydrogen-bond donors (Lipinski definition) is 2. The predicted molar refractivity (Wildman–Crippen MR) is 43.7 cm³/mol. The highest BCUT2D eigenvalue weighted by molar-refractivity contribution is 5.80. The maximum atomic E-state index is 11.2. The Morgan fingerprint density at radius 1 is 1.83 bits per heavy atom. The summed E-state index contributed by atoms with van der Waals surface area (Å²) in [6.45, 7) is 2.61. The van der Waals surface area contributed by atoms with Crippen molar-refractivity contribution >= 4 is 5.91 Å². The summed E-state index contributed by atoms with van der Waals surface area (Å²) in [5.41, 5.74) is 0. The summed E-state index contributed by atoms with van der Waals surface area (Å²) in [7, 11) is 0. The van der Waals surface area contributed by atoms with Crippen LogP contribution in [0.15, 0.2) is 0 Å². The molecule has 2 atom stereocenters. The molecule has 70 valence electrons. The van der Waals surface area contributed by atoms with E-state index in [9.17, 15) is 4.79 Å². The zero-order chi connectivity index (χ0) is 8.97. The lowest BCUT2D eigenvalue weighted by atomic mass is 10.2. The summed E-state index contributed by atoms with van der Waals surface area (Å²) in [5.74, 6) is -0.103. The van der Waals surface area contributed by atoms with Gasteiger partial charge in [0.05, 0.1) is 6.10 Å². The van der Waals surface area contributed by atoms with Gasteiger partial charge in [-0.2, -0.15) is 0 Å². The third-order valence-corrected chi connectivity index (χ3v) is 1.79. The standard InChI is InChI=1S/C8H15NO3/c1-6(10)5-9-8(11)7-3-2-4-12-7/h6-7,10H,2-5H2,1H3,(H,9,11). The van der Waals surface area contributed by atoms with E-state index in [4.69, 9.17) is 9.84 Å². The van der Waals surface area contributed by atoms with Crippen LogP contribution in [0, 0.1) is 0 Å². The van der Waals surface area contributed by atoms with Gasteiger partial charge >= 0.3 is 0 Å². The zero-order valence-corrected chi connectivity index (χ0v) is 7.25. The summed E-state index contributed by atoms with van der Waals surface area (Å²) in [6, 6.07) is 0. The van der Waals surface area contributed by atoms with Crippen LogP contribution in [0.3, 0.4) is 0 Å². The van der Waals surface area contributed by atoms with Crippen LogP contribution in [0.4, 0.5) is 0 Å². The van der Waals surface area contributed by atoms with Gasteiger partial charge in [-0.3, -0.25) is 4.79 Å². The molecule has 1 saturated heterocycles. The quantitative estimate of drug-likeness (QED) is 0.614. The normalized spacial score (nSPS) is 25.3. The van der Waals surface area contributed by atoms with Crippen LogP contribution in [0.25, 0.3) is 0 Å². The second-order valence-electron chi connectivity index (χ2n) is 3.10. The molecule has 0 saturated carbocycles. The van der Waals surface area contributed by atoms with Crippen molar-refractivity contribution in [2.45, 2.75) is 32.0 Å². The highest BCUT2D eigenvalue weighted by Crippen LogP contribution is 2.11. The lowest BCUT2D eigenvalue weighted by Gasteiger charge is -2.11. The fourth-order valence-corrected chi connectivity index (χ4v) is 1.15. The lowest BCUT2D eigenvalue weighted by molar-refractivity contribution is -0.130. The first-order valence-electron chi connectivity index (χ1n) is 4.27. The average molecular weight is 173 g/mol. The Hall–Kier alpha value is -0.610. The van der Waals surface area contributed by atoms with Gasteiger partial charge in [0.15, 0.2) is 0 Å². The van der Waals surface area contributed by atoms with Gasteiger partial charge in [0.2, 0.25) is 5.91 Å². The van der Waals surface area contributed by atoms with E-state index in [0.717, 1.165) is 12.8 Å². The van der Waals surface area contributed by atoms with Gasteiger partial charge in [0.25, 0.3) is 0 Å². The summed E-state index contributed by atoms with van der Waals surface area (Å²) >= 11 is 0. The van der Waals surface area contributed by atoms with E-state index in [2.05, 4.69) is 5.32 Å². The fraction of sp³-hybridized carbons (Fsp3) is 0.875. The average Bonchev–Trinajstić information content (AvgIpc) is 2.51. The molecule has 1 rings (SSSR count). The summed E-state index contributed by atoms with van der Waals surface area (Å²) in [6.07, 6.45) is 0.970. The maximum absolute atomic E-state index is 11.2. The van der Waals surface area contributed by atoms with Crippen molar-refractivity contribution in [1.82, 2.24) is 5.32 Å². The first kappa shape index (κ1) is 9.48. The summed E-state index contributed by atoms with van der Waals surface area (Å²) in [4.78, 5) is 11.2. The van der Waals surface area contributed by atoms with Crippen molar-refractivity contribution in [3.8, 4) is 0 Å². The molecule has 2 N–H and O–H groups in total. The molecule has 1 amide bonds. The van der Waals surface area contributed by atoms with Crippen LogP contribution < -0.4 is 5.32 Å². The van der Waals surface area contributed by atoms with Crippen LogP contribution in [0.2, 0.25) is 0 Å². The topological polar surface area (TPSA) is 58.6 Å². The molecular formula is C8H15NO3. The second kappa shape index (κ2) is 4.42. The zero-order valence-electron chi connectivity index (χ0n) is 7.25. The molecule has 4 nitrogen and oxygen atoms in total. The van der Waals surface area contributed by atoms with E-state index >= 15 is 0 Å². The fourth-order valence-electron chi connectivity index (χ4n) is 1.15. The highest BCUT2D eigenvalue weighted by Gasteiger charge is 2.23. The Labute approximate surface area is 71.9 Å². The van der Waals surface area contributed by atoms with Crippen molar-refractivity contribution in [3.05, 3.63) is 0 Å². The third-order valence-electron chi connectivity index (χ3n) is 1.79. The summed E-state index contributed by atoms with van der Waals surface area (Å²) in [5, 5.41) is 11.5. The minimum Gasteiger partial charge on any atom is -0.392 e. The van der Waals surface area contributed by atoms with E-state index in [-0.39, 0.29) is 12.0 Å². The number of aliphatic hydroxyl groups excluding tert-OH is 1. The van der Waals surface area contributed by atoms with Gasteiger partial charge in [0, 0.05) is 13.2 Å². The summed E-state index contributed by atoms with van der Waals surface area (Å²) < 4.78 is 5.15. The minimum absolute atomic E-state index is 0.103. The molecule has 0 aromatic heterocycles. The van der Waals surface area contributed by atoms with Crippen molar-refractivity contribution in [2.75, 3.05) is 13.2 Å². The molecule has 0 aromatic carbocycles. The number of aliphatic hydroxyl groups is 1. The molecule has 0 spiro atoms. The van der Waals surface area contributed by atoms with E-state index < -0.39 is 6.10 Å². The van der Waals surface area contributed by atoms with Crippen molar-refractivity contribution in [1.29, 1.82) is 0 Å². The molecule has 4 heteroatoms. The van der Waals surface area contributed by atoms with Gasteiger partial charge in [-0.05, 0) is 19.8 Å². The number of ether oxygens (including phenoxy) is 1. The molecular weight excluding hydrogens is 158 g/mol. The van der Waals surface area contributed by atoms with Gasteiger partial charge < -0.3 is 15.2 Å². The molecule has 12 heavy (non-hydrogen) atoms. The highest BCUT2D eigenvalue weighted by atomic mass is 16.5. The van der Waals surface area contributed by atoms with Crippen molar-refractivity contribution < 1.29 is 14.6 Å². The number of nitrogens with one attached hydrogen (secondary N) is 1. The van der Waals surface area contributed by atoms with Crippen LogP contribution >= 0.6 is 0 Å². The van der Waals surface area contributed by atoms with Crippen molar-refractivity contribution in [3.63, 3.8) is 0 Å². The molecule has 0 aromatic rings. The number of rotatable bonds is 3. The molecule has 0 bridgehead atoms. The first-order valence-corrected chi connectivity index (χ1v) is 4.27. The number of carbonyl (C=O) groups is 1. The maximum Gasteiger partial charge on any atom is 0.249 e. The molecule has 1 aliphatic heterocycles. The number of carbonyl (C=O) groups excluding carboxylic acids is 1. The molecule has 0 aliphatic carbocycles. The Kier molecular flexibility index (Phi) is 3.49. The van der Waals surface area contributed by atoms with E-state index in [1.807, 2.05) is 0 Å². The smallest absolute Gasteiger partial charge is 0.249 e. The third kappa shape index (κ3) is 2.79. The predicted octanol–water partition coefficient (Wildman–Crippen LogP) is -0.338. The van der Waals surface area contributed by atoms with Gasteiger partial charge in [-0.1, -0.05) is 0 Å². The van der Waals surface area contributed by atoms with Crippen LogP contribution in [-0.4, -0.2) is 36.4 Å². The lowest BCUT2D eigenvalue weighted by Crippen LogP contribution is -2.37. The Morgan fingerprint density at radius 2 is 2.58 bits per heavy atom. The van der Waals surface area contributed by atoms with Crippen LogP contribution in [0.1, 0.15) is 19.8 Å². The molecule has 1 aliphatic rings.